The quantitative estimate of drug-likeness (QED) is 0.715. The Hall–Kier alpha value is -2.60. The summed E-state index contributed by atoms with van der Waals surface area (Å²) in [5, 5.41) is 2.91. The number of anilines is 2. The van der Waals surface area contributed by atoms with Crippen molar-refractivity contribution < 1.29 is 9.18 Å². The lowest BCUT2D eigenvalue weighted by molar-refractivity contribution is 0.101. The zero-order valence-electron chi connectivity index (χ0n) is 10.7. The molecule has 3 rings (SSSR count). The van der Waals surface area contributed by atoms with E-state index in [2.05, 4.69) is 10.3 Å². The van der Waals surface area contributed by atoms with Gasteiger partial charge in [0.2, 0.25) is 5.95 Å². The van der Waals surface area contributed by atoms with Crippen molar-refractivity contribution in [3.05, 3.63) is 59.3 Å². The van der Waals surface area contributed by atoms with Gasteiger partial charge < -0.3 is 11.1 Å². The largest absolute Gasteiger partial charge is 0.399 e. The van der Waals surface area contributed by atoms with Crippen molar-refractivity contribution in [3.63, 3.8) is 0 Å². The topological polar surface area (TPSA) is 72.4 Å². The number of hydrogen-bond donors (Lipinski definition) is 2. The number of fused-ring (bicyclic) bond motifs is 1. The van der Waals surface area contributed by atoms with Gasteiger partial charge in [0.25, 0.3) is 5.91 Å². The summed E-state index contributed by atoms with van der Waals surface area (Å²) >= 11 is 5.80. The number of nitrogens with one attached hydrogen (secondary N) is 1. The van der Waals surface area contributed by atoms with Gasteiger partial charge in [-0.25, -0.2) is 4.98 Å². The molecule has 1 aromatic carbocycles. The lowest BCUT2D eigenvalue weighted by atomic mass is 10.3. The van der Waals surface area contributed by atoms with Crippen molar-refractivity contribution in [2.45, 2.75) is 0 Å². The van der Waals surface area contributed by atoms with E-state index in [4.69, 9.17) is 17.3 Å². The Morgan fingerprint density at radius 3 is 2.67 bits per heavy atom. The number of nitrogens with zero attached hydrogens (tertiary/aromatic N) is 2. The number of nitrogen functional groups attached to an aromatic ring is 1. The molecule has 0 saturated carbocycles. The van der Waals surface area contributed by atoms with E-state index in [1.807, 2.05) is 0 Å². The Labute approximate surface area is 124 Å². The maximum atomic E-state index is 14.2. The second kappa shape index (κ2) is 5.06. The predicted octanol–water partition coefficient (Wildman–Crippen LogP) is 2.96. The minimum absolute atomic E-state index is 0.297. The molecule has 0 spiro atoms. The molecule has 3 N–H and O–H groups in total. The van der Waals surface area contributed by atoms with E-state index in [9.17, 15) is 9.18 Å². The number of hydrogen-bond acceptors (Lipinski definition) is 3. The van der Waals surface area contributed by atoms with E-state index in [1.165, 1.54) is 12.3 Å². The second-order valence-corrected chi connectivity index (χ2v) is 4.84. The number of nitrogens with two attached hydrogens (primary N) is 1. The van der Waals surface area contributed by atoms with E-state index < -0.39 is 11.9 Å². The van der Waals surface area contributed by atoms with Crippen LogP contribution >= 0.6 is 11.6 Å². The SMILES string of the molecule is Nc1ccc(NC(=O)c2nc3ccc(Cl)cn3c2F)cc1. The summed E-state index contributed by atoms with van der Waals surface area (Å²) in [6.45, 7) is 0. The third-order valence-corrected chi connectivity index (χ3v) is 3.13. The molecule has 0 bridgehead atoms. The van der Waals surface area contributed by atoms with Crippen molar-refractivity contribution in [1.29, 1.82) is 0 Å². The van der Waals surface area contributed by atoms with Gasteiger partial charge >= 0.3 is 0 Å². The molecule has 7 heteroatoms. The molecule has 0 saturated heterocycles. The summed E-state index contributed by atoms with van der Waals surface area (Å²) < 4.78 is 15.3. The highest BCUT2D eigenvalue weighted by Gasteiger charge is 2.19. The van der Waals surface area contributed by atoms with Crippen molar-refractivity contribution in [2.24, 2.45) is 0 Å². The minimum atomic E-state index is -0.763. The van der Waals surface area contributed by atoms with Crippen LogP contribution in [0.15, 0.2) is 42.6 Å². The normalized spacial score (nSPS) is 10.8. The van der Waals surface area contributed by atoms with Crippen molar-refractivity contribution >= 4 is 34.5 Å². The van der Waals surface area contributed by atoms with Gasteiger partial charge in [-0.2, -0.15) is 4.39 Å². The van der Waals surface area contributed by atoms with Gasteiger partial charge in [0.05, 0.1) is 5.02 Å². The van der Waals surface area contributed by atoms with Gasteiger partial charge in [0.15, 0.2) is 5.69 Å². The van der Waals surface area contributed by atoms with Crippen LogP contribution in [0.5, 0.6) is 0 Å². The summed E-state index contributed by atoms with van der Waals surface area (Å²) in [5.41, 5.74) is 6.64. The highest BCUT2D eigenvalue weighted by molar-refractivity contribution is 6.30. The third kappa shape index (κ3) is 2.53. The van der Waals surface area contributed by atoms with E-state index in [0.29, 0.717) is 22.0 Å². The first-order valence-electron chi connectivity index (χ1n) is 6.04. The number of carbonyl (C=O) groups excluding carboxylic acids is 1. The number of halogens is 2. The van der Waals surface area contributed by atoms with Gasteiger partial charge in [-0.05, 0) is 36.4 Å². The monoisotopic (exact) mass is 304 g/mol. The van der Waals surface area contributed by atoms with Gasteiger partial charge in [0.1, 0.15) is 5.65 Å². The molecule has 0 unspecified atom stereocenters. The first kappa shape index (κ1) is 13.4. The van der Waals surface area contributed by atoms with Gasteiger partial charge in [-0.3, -0.25) is 9.20 Å². The van der Waals surface area contributed by atoms with Crippen molar-refractivity contribution in [2.75, 3.05) is 11.1 Å². The molecule has 0 radical (unpaired) electrons. The summed E-state index contributed by atoms with van der Waals surface area (Å²) in [6.07, 6.45) is 1.36. The van der Waals surface area contributed by atoms with Gasteiger partial charge in [-0.1, -0.05) is 11.6 Å². The third-order valence-electron chi connectivity index (χ3n) is 2.91. The molecule has 5 nitrogen and oxygen atoms in total. The molecule has 0 aliphatic rings. The number of pyridine rings is 1. The van der Waals surface area contributed by atoms with Crippen LogP contribution < -0.4 is 11.1 Å². The van der Waals surface area contributed by atoms with E-state index in [-0.39, 0.29) is 5.69 Å². The number of imidazole rings is 1. The maximum absolute atomic E-state index is 14.2. The average molecular weight is 305 g/mol. The summed E-state index contributed by atoms with van der Waals surface area (Å²) in [4.78, 5) is 16.0. The van der Waals surface area contributed by atoms with E-state index >= 15 is 0 Å². The average Bonchev–Trinajstić information content (AvgIpc) is 2.79. The Morgan fingerprint density at radius 1 is 1.24 bits per heavy atom. The molecule has 106 valence electrons. The van der Waals surface area contributed by atoms with Crippen LogP contribution in [0.4, 0.5) is 15.8 Å². The van der Waals surface area contributed by atoms with Crippen LogP contribution in [-0.4, -0.2) is 15.3 Å². The first-order chi connectivity index (χ1) is 10.0. The zero-order valence-corrected chi connectivity index (χ0v) is 11.4. The molecule has 3 aromatic rings. The molecular weight excluding hydrogens is 295 g/mol. The highest BCUT2D eigenvalue weighted by Crippen LogP contribution is 2.17. The van der Waals surface area contributed by atoms with Crippen LogP contribution in [0.3, 0.4) is 0 Å². The van der Waals surface area contributed by atoms with Crippen LogP contribution in [0, 0.1) is 5.95 Å². The molecule has 0 aliphatic carbocycles. The molecule has 0 aliphatic heterocycles. The lowest BCUT2D eigenvalue weighted by Gasteiger charge is -2.03. The number of carbonyl (C=O) groups is 1. The second-order valence-electron chi connectivity index (χ2n) is 4.40. The van der Waals surface area contributed by atoms with Gasteiger partial charge in [-0.15, -0.1) is 0 Å². The Morgan fingerprint density at radius 2 is 1.95 bits per heavy atom. The smallest absolute Gasteiger partial charge is 0.279 e. The van der Waals surface area contributed by atoms with E-state index in [1.54, 1.807) is 30.3 Å². The number of amides is 1. The van der Waals surface area contributed by atoms with Crippen LogP contribution in [0.2, 0.25) is 5.02 Å². The van der Waals surface area contributed by atoms with E-state index in [0.717, 1.165) is 4.40 Å². The fraction of sp³-hybridized carbons (Fsp3) is 0. The van der Waals surface area contributed by atoms with Crippen LogP contribution in [-0.2, 0) is 0 Å². The fourth-order valence-corrected chi connectivity index (χ4v) is 2.05. The highest BCUT2D eigenvalue weighted by atomic mass is 35.5. The minimum Gasteiger partial charge on any atom is -0.399 e. The predicted molar refractivity (Wildman–Crippen MR) is 79.0 cm³/mol. The molecular formula is C14H10ClFN4O. The zero-order chi connectivity index (χ0) is 15.0. The van der Waals surface area contributed by atoms with Gasteiger partial charge in [0, 0.05) is 17.6 Å². The van der Waals surface area contributed by atoms with Crippen molar-refractivity contribution in [1.82, 2.24) is 9.38 Å². The van der Waals surface area contributed by atoms with Crippen LogP contribution in [0.1, 0.15) is 10.5 Å². The van der Waals surface area contributed by atoms with Crippen molar-refractivity contribution in [3.8, 4) is 0 Å². The molecule has 0 fully saturated rings. The standard InChI is InChI=1S/C14H10ClFN4O/c15-8-1-6-11-19-12(13(16)20(11)7-8)14(21)18-10-4-2-9(17)3-5-10/h1-7H,17H2,(H,18,21). The fourth-order valence-electron chi connectivity index (χ4n) is 1.89. The Bertz CT molecular complexity index is 829. The number of rotatable bonds is 2. The summed E-state index contributed by atoms with van der Waals surface area (Å²) in [6, 6.07) is 9.62. The maximum Gasteiger partial charge on any atom is 0.279 e. The summed E-state index contributed by atoms with van der Waals surface area (Å²) in [7, 11) is 0. The lowest BCUT2D eigenvalue weighted by Crippen LogP contribution is -2.14. The van der Waals surface area contributed by atoms with Crippen LogP contribution in [0.25, 0.3) is 5.65 Å². The molecule has 0 atom stereocenters. The molecule has 21 heavy (non-hydrogen) atoms. The summed E-state index contributed by atoms with van der Waals surface area (Å²) in [5.74, 6) is -1.41. The molecule has 2 heterocycles. The Kier molecular flexibility index (Phi) is 3.23. The molecule has 2 aromatic heterocycles. The number of aromatic nitrogens is 2. The first-order valence-corrected chi connectivity index (χ1v) is 6.42. The Balaban J connectivity index is 1.94. The molecule has 1 amide bonds. The number of benzene rings is 1.